The molecule has 1 saturated heterocycles. The van der Waals surface area contributed by atoms with E-state index >= 15 is 0 Å². The van der Waals surface area contributed by atoms with Crippen LogP contribution in [-0.4, -0.2) is 41.0 Å². The molecule has 0 amide bonds. The first-order valence-corrected chi connectivity index (χ1v) is 8.63. The molecule has 0 spiro atoms. The molecule has 0 aromatic carbocycles. The molecule has 6 heteroatoms. The molecule has 118 valence electrons. The van der Waals surface area contributed by atoms with Crippen LogP contribution < -0.4 is 4.90 Å². The molecule has 23 heavy (non-hydrogen) atoms. The van der Waals surface area contributed by atoms with Gasteiger partial charge >= 0.3 is 0 Å². The summed E-state index contributed by atoms with van der Waals surface area (Å²) in [5, 5.41) is 2.04. The number of aromatic nitrogens is 2. The molecule has 0 unspecified atom stereocenters. The van der Waals surface area contributed by atoms with E-state index in [1.165, 1.54) is 0 Å². The molecule has 3 aromatic heterocycles. The number of piperazine rings is 1. The minimum Gasteiger partial charge on any atom is -0.444 e. The van der Waals surface area contributed by atoms with Crippen molar-refractivity contribution in [1.29, 1.82) is 0 Å². The molecular weight excluding hydrogens is 308 g/mol. The van der Waals surface area contributed by atoms with Gasteiger partial charge in [-0.1, -0.05) is 12.1 Å². The van der Waals surface area contributed by atoms with Gasteiger partial charge < -0.3 is 9.32 Å². The first-order valence-electron chi connectivity index (χ1n) is 7.75. The van der Waals surface area contributed by atoms with Crippen molar-refractivity contribution in [3.05, 3.63) is 53.9 Å². The predicted octanol–water partition coefficient (Wildman–Crippen LogP) is 3.12. The highest BCUT2D eigenvalue weighted by atomic mass is 32.1. The number of anilines is 1. The van der Waals surface area contributed by atoms with Gasteiger partial charge in [0.05, 0.1) is 10.6 Å². The van der Waals surface area contributed by atoms with E-state index in [4.69, 9.17) is 4.42 Å². The van der Waals surface area contributed by atoms with Crippen LogP contribution in [-0.2, 0) is 6.54 Å². The summed E-state index contributed by atoms with van der Waals surface area (Å²) in [4.78, 5) is 14.8. The van der Waals surface area contributed by atoms with Gasteiger partial charge in [0, 0.05) is 38.9 Å². The van der Waals surface area contributed by atoms with Crippen molar-refractivity contribution in [3.8, 4) is 10.8 Å². The van der Waals surface area contributed by atoms with E-state index in [-0.39, 0.29) is 0 Å². The smallest absolute Gasteiger partial charge is 0.236 e. The lowest BCUT2D eigenvalue weighted by Gasteiger charge is -2.34. The van der Waals surface area contributed by atoms with Crippen molar-refractivity contribution in [2.24, 2.45) is 0 Å². The van der Waals surface area contributed by atoms with Gasteiger partial charge in [0.25, 0.3) is 0 Å². The maximum Gasteiger partial charge on any atom is 0.236 e. The second-order valence-electron chi connectivity index (χ2n) is 5.57. The number of hydrogen-bond donors (Lipinski definition) is 0. The van der Waals surface area contributed by atoms with Crippen LogP contribution >= 0.6 is 11.3 Å². The van der Waals surface area contributed by atoms with Crippen molar-refractivity contribution in [2.45, 2.75) is 6.54 Å². The van der Waals surface area contributed by atoms with E-state index in [0.717, 1.165) is 55.0 Å². The van der Waals surface area contributed by atoms with E-state index in [1.54, 1.807) is 17.6 Å². The molecule has 5 nitrogen and oxygen atoms in total. The lowest BCUT2D eigenvalue weighted by Crippen LogP contribution is -2.46. The maximum absolute atomic E-state index is 5.59. The molecule has 4 rings (SSSR count). The summed E-state index contributed by atoms with van der Waals surface area (Å²) in [5.74, 6) is 1.79. The second kappa shape index (κ2) is 6.52. The number of oxazole rings is 1. The molecule has 0 bridgehead atoms. The Hall–Kier alpha value is -2.18. The third kappa shape index (κ3) is 3.28. The first-order chi connectivity index (χ1) is 11.4. The van der Waals surface area contributed by atoms with Crippen molar-refractivity contribution in [1.82, 2.24) is 14.9 Å². The summed E-state index contributed by atoms with van der Waals surface area (Å²) in [6, 6.07) is 10.1. The molecule has 3 aromatic rings. The van der Waals surface area contributed by atoms with E-state index in [1.807, 2.05) is 35.8 Å². The molecule has 1 aliphatic rings. The molecule has 0 saturated carbocycles. The Morgan fingerprint density at radius 2 is 2.00 bits per heavy atom. The molecule has 1 aliphatic heterocycles. The van der Waals surface area contributed by atoms with Crippen LogP contribution in [0, 0.1) is 0 Å². The number of hydrogen-bond acceptors (Lipinski definition) is 6. The first kappa shape index (κ1) is 14.4. The van der Waals surface area contributed by atoms with Gasteiger partial charge in [0.2, 0.25) is 5.89 Å². The average Bonchev–Trinajstić information content (AvgIpc) is 3.28. The van der Waals surface area contributed by atoms with Crippen molar-refractivity contribution in [3.63, 3.8) is 0 Å². The minimum absolute atomic E-state index is 0.724. The highest BCUT2D eigenvalue weighted by Gasteiger charge is 2.19. The van der Waals surface area contributed by atoms with Gasteiger partial charge in [0.1, 0.15) is 12.1 Å². The largest absolute Gasteiger partial charge is 0.444 e. The van der Waals surface area contributed by atoms with Gasteiger partial charge in [-0.2, -0.15) is 0 Å². The summed E-state index contributed by atoms with van der Waals surface area (Å²) >= 11 is 1.65. The summed E-state index contributed by atoms with van der Waals surface area (Å²) in [6.07, 6.45) is 3.63. The van der Waals surface area contributed by atoms with E-state index in [2.05, 4.69) is 25.8 Å². The number of pyridine rings is 1. The van der Waals surface area contributed by atoms with Crippen molar-refractivity contribution >= 4 is 17.2 Å². The second-order valence-corrected chi connectivity index (χ2v) is 6.52. The van der Waals surface area contributed by atoms with Gasteiger partial charge in [-0.05, 0) is 23.6 Å². The van der Waals surface area contributed by atoms with Crippen LogP contribution in [0.1, 0.15) is 5.69 Å². The van der Waals surface area contributed by atoms with Gasteiger partial charge in [0.15, 0.2) is 0 Å². The highest BCUT2D eigenvalue weighted by Crippen LogP contribution is 2.24. The average molecular weight is 326 g/mol. The SMILES string of the molecule is c1ccc(N2CCN(Cc3coc(-c4cccs4)n3)CC2)nc1. The van der Waals surface area contributed by atoms with Gasteiger partial charge in [-0.25, -0.2) is 9.97 Å². The lowest BCUT2D eigenvalue weighted by molar-refractivity contribution is 0.246. The number of rotatable bonds is 4. The molecule has 0 N–H and O–H groups in total. The normalized spacial score (nSPS) is 15.9. The van der Waals surface area contributed by atoms with Crippen LogP contribution in [0.25, 0.3) is 10.8 Å². The standard InChI is InChI=1S/C17H18N4OS/c1-2-6-18-16(5-1)21-9-7-20(8-10-21)12-14-13-22-17(19-14)15-4-3-11-23-15/h1-6,11,13H,7-10,12H2. The Balaban J connectivity index is 1.35. The Labute approximate surface area is 139 Å². The van der Waals surface area contributed by atoms with Crippen LogP contribution in [0.5, 0.6) is 0 Å². The summed E-state index contributed by atoms with van der Waals surface area (Å²) in [6.45, 7) is 4.85. The monoisotopic (exact) mass is 326 g/mol. The molecule has 0 radical (unpaired) electrons. The summed E-state index contributed by atoms with van der Waals surface area (Å²) in [7, 11) is 0. The van der Waals surface area contributed by atoms with Gasteiger partial charge in [-0.15, -0.1) is 11.3 Å². The molecule has 4 heterocycles. The van der Waals surface area contributed by atoms with Crippen LogP contribution in [0.2, 0.25) is 0 Å². The zero-order valence-electron chi connectivity index (χ0n) is 12.8. The topological polar surface area (TPSA) is 45.4 Å². The number of nitrogens with zero attached hydrogens (tertiary/aromatic N) is 4. The molecular formula is C17H18N4OS. The van der Waals surface area contributed by atoms with E-state index in [0.29, 0.717) is 0 Å². The lowest BCUT2D eigenvalue weighted by atomic mass is 10.3. The Morgan fingerprint density at radius 3 is 2.74 bits per heavy atom. The van der Waals surface area contributed by atoms with E-state index in [9.17, 15) is 0 Å². The summed E-state index contributed by atoms with van der Waals surface area (Å²) < 4.78 is 5.59. The molecule has 0 atom stereocenters. The van der Waals surface area contributed by atoms with E-state index < -0.39 is 0 Å². The Morgan fingerprint density at radius 1 is 1.09 bits per heavy atom. The van der Waals surface area contributed by atoms with Gasteiger partial charge in [-0.3, -0.25) is 4.90 Å². The fourth-order valence-electron chi connectivity index (χ4n) is 2.80. The number of thiophene rings is 1. The third-order valence-electron chi connectivity index (χ3n) is 4.01. The highest BCUT2D eigenvalue weighted by molar-refractivity contribution is 7.13. The molecule has 1 fully saturated rings. The summed E-state index contributed by atoms with van der Waals surface area (Å²) in [5.41, 5.74) is 1.000. The predicted molar refractivity (Wildman–Crippen MR) is 91.5 cm³/mol. The fourth-order valence-corrected chi connectivity index (χ4v) is 3.45. The Kier molecular flexibility index (Phi) is 4.08. The minimum atomic E-state index is 0.724. The van der Waals surface area contributed by atoms with Crippen LogP contribution in [0.15, 0.2) is 52.6 Å². The van der Waals surface area contributed by atoms with Crippen LogP contribution in [0.4, 0.5) is 5.82 Å². The zero-order valence-corrected chi connectivity index (χ0v) is 13.6. The maximum atomic E-state index is 5.59. The third-order valence-corrected chi connectivity index (χ3v) is 4.87. The fraction of sp³-hybridized carbons (Fsp3) is 0.294. The van der Waals surface area contributed by atoms with Crippen LogP contribution in [0.3, 0.4) is 0 Å². The quantitative estimate of drug-likeness (QED) is 0.737. The zero-order chi connectivity index (χ0) is 15.5. The Bertz CT molecular complexity index is 733. The van der Waals surface area contributed by atoms with Crippen molar-refractivity contribution < 1.29 is 4.42 Å². The van der Waals surface area contributed by atoms with Crippen molar-refractivity contribution in [2.75, 3.05) is 31.1 Å². The molecule has 0 aliphatic carbocycles.